The fraction of sp³-hybridized carbons (Fsp3) is 0. The molecule has 0 spiro atoms. The average Bonchev–Trinajstić information content (AvgIpc) is 3.63. The van der Waals surface area contributed by atoms with Gasteiger partial charge in [-0.05, 0) is 82.6 Å². The Kier molecular flexibility index (Phi) is 5.62. The summed E-state index contributed by atoms with van der Waals surface area (Å²) in [7, 11) is 0. The number of anilines is 3. The number of hydrogen-bond donors (Lipinski definition) is 0. The topological polar surface area (TPSA) is 3.24 Å². The molecule has 2 heterocycles. The highest BCUT2D eigenvalue weighted by Gasteiger charge is 2.20. The third-order valence-electron chi connectivity index (χ3n) is 8.43. The van der Waals surface area contributed by atoms with E-state index in [1.807, 2.05) is 22.7 Å². The van der Waals surface area contributed by atoms with Crippen molar-refractivity contribution in [2.45, 2.75) is 0 Å². The Bertz CT molecular complexity index is 2480. The summed E-state index contributed by atoms with van der Waals surface area (Å²) < 4.78 is 5.25. The van der Waals surface area contributed by atoms with E-state index in [2.05, 4.69) is 157 Å². The van der Waals surface area contributed by atoms with E-state index in [0.717, 1.165) is 11.4 Å². The summed E-state index contributed by atoms with van der Waals surface area (Å²) in [5.74, 6) is 0. The van der Waals surface area contributed by atoms with Gasteiger partial charge in [-0.25, -0.2) is 0 Å². The number of thiophene rings is 2. The molecule has 0 saturated carbocycles. The van der Waals surface area contributed by atoms with Crippen molar-refractivity contribution in [2.24, 2.45) is 0 Å². The van der Waals surface area contributed by atoms with Crippen LogP contribution in [0.1, 0.15) is 0 Å². The molecule has 0 unspecified atom stereocenters. The molecule has 3 heteroatoms. The molecule has 0 aliphatic rings. The zero-order chi connectivity index (χ0) is 28.3. The first-order valence-corrected chi connectivity index (χ1v) is 16.1. The molecular weight excluding hydrogens is 559 g/mol. The van der Waals surface area contributed by atoms with Gasteiger partial charge in [-0.1, -0.05) is 91.0 Å². The van der Waals surface area contributed by atoms with E-state index in [1.165, 1.54) is 67.9 Å². The summed E-state index contributed by atoms with van der Waals surface area (Å²) in [6.45, 7) is 0. The van der Waals surface area contributed by atoms with Gasteiger partial charge in [0.15, 0.2) is 0 Å². The molecule has 0 aliphatic carbocycles. The lowest BCUT2D eigenvalue weighted by Gasteiger charge is -2.27. The van der Waals surface area contributed by atoms with Crippen molar-refractivity contribution >= 4 is 90.9 Å². The highest BCUT2D eigenvalue weighted by Crippen LogP contribution is 2.46. The quantitative estimate of drug-likeness (QED) is 0.199. The van der Waals surface area contributed by atoms with Crippen LogP contribution in [0.3, 0.4) is 0 Å². The van der Waals surface area contributed by atoms with Gasteiger partial charge in [0.25, 0.3) is 0 Å². The number of rotatable bonds is 4. The molecule has 0 bridgehead atoms. The van der Waals surface area contributed by atoms with E-state index in [0.29, 0.717) is 0 Å². The normalized spacial score (nSPS) is 11.7. The molecule has 0 fully saturated rings. The van der Waals surface area contributed by atoms with E-state index in [9.17, 15) is 0 Å². The lowest BCUT2D eigenvalue weighted by molar-refractivity contribution is 1.31. The standard InChI is InChI=1S/C40H25NS2/c1-2-10-27-23-29(20-19-26(27)9-1)28-11-7-12-30(24-28)41(31-21-22-38-34(25-31)32-13-3-5-16-36(32)42-38)35-15-8-18-39-40(35)33-14-4-6-17-37(33)43-39/h1-25H. The summed E-state index contributed by atoms with van der Waals surface area (Å²) in [4.78, 5) is 2.46. The first kappa shape index (κ1) is 24.6. The van der Waals surface area contributed by atoms with Crippen molar-refractivity contribution in [3.8, 4) is 11.1 Å². The van der Waals surface area contributed by atoms with Gasteiger partial charge in [0.1, 0.15) is 0 Å². The highest BCUT2D eigenvalue weighted by molar-refractivity contribution is 7.26. The van der Waals surface area contributed by atoms with Gasteiger partial charge < -0.3 is 4.90 Å². The maximum absolute atomic E-state index is 2.46. The van der Waals surface area contributed by atoms with Crippen LogP contribution >= 0.6 is 22.7 Å². The zero-order valence-corrected chi connectivity index (χ0v) is 24.8. The van der Waals surface area contributed by atoms with Crippen LogP contribution in [0.15, 0.2) is 152 Å². The second kappa shape index (κ2) is 9.81. The van der Waals surface area contributed by atoms with Gasteiger partial charge in [-0.2, -0.15) is 0 Å². The summed E-state index contributed by atoms with van der Waals surface area (Å²) >= 11 is 3.73. The molecule has 43 heavy (non-hydrogen) atoms. The summed E-state index contributed by atoms with van der Waals surface area (Å²) in [5, 5.41) is 7.73. The summed E-state index contributed by atoms with van der Waals surface area (Å²) in [6.07, 6.45) is 0. The van der Waals surface area contributed by atoms with Crippen molar-refractivity contribution in [1.82, 2.24) is 0 Å². The summed E-state index contributed by atoms with van der Waals surface area (Å²) in [5.41, 5.74) is 5.93. The first-order chi connectivity index (χ1) is 21.3. The number of nitrogens with zero attached hydrogens (tertiary/aromatic N) is 1. The minimum atomic E-state index is 1.15. The van der Waals surface area contributed by atoms with Gasteiger partial charge in [0.05, 0.1) is 5.69 Å². The smallest absolute Gasteiger partial charge is 0.0554 e. The first-order valence-electron chi connectivity index (χ1n) is 14.5. The number of benzene rings is 7. The predicted octanol–water partition coefficient (Wildman–Crippen LogP) is 12.7. The van der Waals surface area contributed by atoms with Crippen LogP contribution < -0.4 is 4.90 Å². The molecule has 1 nitrogen and oxygen atoms in total. The highest BCUT2D eigenvalue weighted by atomic mass is 32.1. The van der Waals surface area contributed by atoms with Crippen LogP contribution in [0.4, 0.5) is 17.1 Å². The van der Waals surface area contributed by atoms with Crippen LogP contribution in [0.25, 0.3) is 62.2 Å². The Morgan fingerprint density at radius 1 is 0.372 bits per heavy atom. The Morgan fingerprint density at radius 3 is 1.93 bits per heavy atom. The van der Waals surface area contributed by atoms with Gasteiger partial charge in [-0.15, -0.1) is 22.7 Å². The molecular formula is C40H25NS2. The third kappa shape index (κ3) is 4.04. The van der Waals surface area contributed by atoms with Gasteiger partial charge in [0.2, 0.25) is 0 Å². The van der Waals surface area contributed by atoms with E-state index < -0.39 is 0 Å². The zero-order valence-electron chi connectivity index (χ0n) is 23.2. The van der Waals surface area contributed by atoms with Crippen molar-refractivity contribution in [2.75, 3.05) is 4.90 Å². The molecule has 202 valence electrons. The van der Waals surface area contributed by atoms with Gasteiger partial charge in [0, 0.05) is 51.7 Å². The molecule has 0 N–H and O–H groups in total. The SMILES string of the molecule is c1cc(-c2ccc3ccccc3c2)cc(N(c2ccc3sc4ccccc4c3c2)c2cccc3sc4ccccc4c23)c1. The molecule has 9 aromatic rings. The van der Waals surface area contributed by atoms with Gasteiger partial charge in [-0.3, -0.25) is 0 Å². The van der Waals surface area contributed by atoms with Gasteiger partial charge >= 0.3 is 0 Å². The minimum absolute atomic E-state index is 1.15. The predicted molar refractivity (Wildman–Crippen MR) is 190 cm³/mol. The van der Waals surface area contributed by atoms with E-state index >= 15 is 0 Å². The van der Waals surface area contributed by atoms with Crippen LogP contribution in [-0.2, 0) is 0 Å². The molecule has 0 aliphatic heterocycles. The molecule has 9 rings (SSSR count). The maximum atomic E-state index is 2.46. The molecule has 2 aromatic heterocycles. The fourth-order valence-corrected chi connectivity index (χ4v) is 8.63. The largest absolute Gasteiger partial charge is 0.310 e. The van der Waals surface area contributed by atoms with Crippen molar-refractivity contribution in [3.05, 3.63) is 152 Å². The lowest BCUT2D eigenvalue weighted by Crippen LogP contribution is -2.10. The Hall–Kier alpha value is -4.96. The Labute approximate surface area is 257 Å². The molecule has 0 saturated heterocycles. The second-order valence-corrected chi connectivity index (χ2v) is 13.1. The molecule has 7 aromatic carbocycles. The van der Waals surface area contributed by atoms with E-state index in [1.54, 1.807) is 0 Å². The summed E-state index contributed by atoms with van der Waals surface area (Å²) in [6, 6.07) is 55.6. The van der Waals surface area contributed by atoms with Crippen LogP contribution in [0.5, 0.6) is 0 Å². The lowest BCUT2D eigenvalue weighted by atomic mass is 10.00. The number of fused-ring (bicyclic) bond motifs is 7. The van der Waals surface area contributed by atoms with Crippen LogP contribution in [0.2, 0.25) is 0 Å². The van der Waals surface area contributed by atoms with Crippen LogP contribution in [-0.4, -0.2) is 0 Å². The Balaban J connectivity index is 1.30. The Morgan fingerprint density at radius 2 is 1.02 bits per heavy atom. The molecule has 0 atom stereocenters. The third-order valence-corrected chi connectivity index (χ3v) is 10.7. The molecule has 0 radical (unpaired) electrons. The van der Waals surface area contributed by atoms with Crippen molar-refractivity contribution < 1.29 is 0 Å². The second-order valence-electron chi connectivity index (χ2n) is 11.0. The molecule has 0 amide bonds. The monoisotopic (exact) mass is 583 g/mol. The maximum Gasteiger partial charge on any atom is 0.0554 e. The van der Waals surface area contributed by atoms with Crippen molar-refractivity contribution in [1.29, 1.82) is 0 Å². The van der Waals surface area contributed by atoms with Crippen molar-refractivity contribution in [3.63, 3.8) is 0 Å². The van der Waals surface area contributed by atoms with E-state index in [4.69, 9.17) is 0 Å². The van der Waals surface area contributed by atoms with E-state index in [-0.39, 0.29) is 0 Å². The fourth-order valence-electron chi connectivity index (χ4n) is 6.42. The minimum Gasteiger partial charge on any atom is -0.310 e. The van der Waals surface area contributed by atoms with Crippen LogP contribution in [0, 0.1) is 0 Å². The average molecular weight is 584 g/mol. The number of hydrogen-bond acceptors (Lipinski definition) is 3.